The van der Waals surface area contributed by atoms with Gasteiger partial charge < -0.3 is 4.90 Å². The molecule has 1 aromatic carbocycles. The average Bonchev–Trinajstić information content (AvgIpc) is 2.98. The lowest BCUT2D eigenvalue weighted by molar-refractivity contribution is 0.0790. The molecule has 0 aliphatic heterocycles. The maximum Gasteiger partial charge on any atom is 0.254 e. The summed E-state index contributed by atoms with van der Waals surface area (Å²) in [5.74, 6) is 0.862. The number of aryl methyl sites for hydroxylation is 1. The van der Waals surface area contributed by atoms with E-state index in [4.69, 9.17) is 0 Å². The van der Waals surface area contributed by atoms with Crippen LogP contribution in [0, 0.1) is 6.92 Å². The van der Waals surface area contributed by atoms with Crippen molar-refractivity contribution in [1.82, 2.24) is 9.88 Å². The molecule has 0 aliphatic carbocycles. The highest BCUT2D eigenvalue weighted by Crippen LogP contribution is 2.27. The Labute approximate surface area is 146 Å². The summed E-state index contributed by atoms with van der Waals surface area (Å²) in [5.41, 5.74) is 1.84. The number of allylic oxidation sites excluding steroid dienone is 1. The maximum absolute atomic E-state index is 12.6. The van der Waals surface area contributed by atoms with Crippen LogP contribution in [0.25, 0.3) is 0 Å². The molecule has 3 nitrogen and oxygen atoms in total. The van der Waals surface area contributed by atoms with Crippen LogP contribution in [0.15, 0.2) is 47.2 Å². The molecular formula is C18H22N2OS2. The van der Waals surface area contributed by atoms with Gasteiger partial charge in [0.1, 0.15) is 0 Å². The largest absolute Gasteiger partial charge is 0.342 e. The quantitative estimate of drug-likeness (QED) is 0.392. The first kappa shape index (κ1) is 17.8. The first-order chi connectivity index (χ1) is 11.1. The normalized spacial score (nSPS) is 10.5. The predicted molar refractivity (Wildman–Crippen MR) is 99.2 cm³/mol. The van der Waals surface area contributed by atoms with Crippen molar-refractivity contribution in [1.29, 1.82) is 0 Å². The molecule has 0 fully saturated rings. The number of thioether (sulfide) groups is 1. The molecule has 0 radical (unpaired) electrons. The summed E-state index contributed by atoms with van der Waals surface area (Å²) in [5, 5.41) is 3.15. The number of benzene rings is 1. The first-order valence-corrected chi connectivity index (χ1v) is 9.47. The topological polar surface area (TPSA) is 33.2 Å². The second-order valence-corrected chi connectivity index (χ2v) is 7.38. The number of aromatic nitrogens is 1. The third kappa shape index (κ3) is 5.22. The zero-order valence-corrected chi connectivity index (χ0v) is 15.3. The van der Waals surface area contributed by atoms with Crippen molar-refractivity contribution >= 4 is 29.0 Å². The second-order valence-electron chi connectivity index (χ2n) is 5.30. The van der Waals surface area contributed by atoms with E-state index < -0.39 is 0 Å². The minimum Gasteiger partial charge on any atom is -0.342 e. The monoisotopic (exact) mass is 346 g/mol. The molecule has 0 N–H and O–H groups in total. The average molecular weight is 347 g/mol. The summed E-state index contributed by atoms with van der Waals surface area (Å²) in [6, 6.07) is 7.81. The van der Waals surface area contributed by atoms with Gasteiger partial charge in [-0.15, -0.1) is 29.7 Å². The minimum atomic E-state index is 0.0756. The van der Waals surface area contributed by atoms with Crippen molar-refractivity contribution in [2.24, 2.45) is 0 Å². The van der Waals surface area contributed by atoms with Crippen molar-refractivity contribution in [3.05, 3.63) is 58.6 Å². The second kappa shape index (κ2) is 8.89. The Hall–Kier alpha value is -1.59. The molecule has 0 aliphatic rings. The summed E-state index contributed by atoms with van der Waals surface area (Å²) in [4.78, 5) is 19.9. The Morgan fingerprint density at radius 3 is 2.91 bits per heavy atom. The van der Waals surface area contributed by atoms with Crippen LogP contribution in [0.2, 0.25) is 0 Å². The molecule has 1 heterocycles. The Balaban J connectivity index is 2.04. The van der Waals surface area contributed by atoms with Gasteiger partial charge in [-0.25, -0.2) is 4.98 Å². The zero-order valence-electron chi connectivity index (χ0n) is 13.6. The van der Waals surface area contributed by atoms with Gasteiger partial charge in [-0.3, -0.25) is 4.79 Å². The molecular weight excluding hydrogens is 324 g/mol. The molecule has 0 atom stereocenters. The van der Waals surface area contributed by atoms with E-state index in [-0.39, 0.29) is 5.91 Å². The smallest absolute Gasteiger partial charge is 0.254 e. The predicted octanol–water partition coefficient (Wildman–Crippen LogP) is 4.78. The lowest BCUT2D eigenvalue weighted by Gasteiger charge is -2.18. The molecule has 2 rings (SSSR count). The van der Waals surface area contributed by atoms with Crippen LogP contribution in [0.5, 0.6) is 0 Å². The molecule has 2 aromatic rings. The van der Waals surface area contributed by atoms with Gasteiger partial charge >= 0.3 is 0 Å². The molecule has 0 saturated carbocycles. The van der Waals surface area contributed by atoms with E-state index in [0.29, 0.717) is 0 Å². The standard InChI is InChI=1S/C18H22N2OS2/c1-4-5-8-11-20(3)18(21)16-9-6-7-10-17(16)23-13-15-12-22-14(2)19-15/h4,6-7,9-10,12H,1,5,8,11,13H2,2-3H3. The van der Waals surface area contributed by atoms with Crippen LogP contribution < -0.4 is 0 Å². The fourth-order valence-corrected chi connectivity index (χ4v) is 3.83. The van der Waals surface area contributed by atoms with E-state index in [1.54, 1.807) is 28.0 Å². The number of carbonyl (C=O) groups excluding carboxylic acids is 1. The zero-order chi connectivity index (χ0) is 16.7. The number of rotatable bonds is 8. The van der Waals surface area contributed by atoms with Gasteiger partial charge in [-0.1, -0.05) is 18.2 Å². The molecule has 23 heavy (non-hydrogen) atoms. The molecule has 1 aromatic heterocycles. The van der Waals surface area contributed by atoms with Gasteiger partial charge in [0.2, 0.25) is 0 Å². The number of thiazole rings is 1. The summed E-state index contributed by atoms with van der Waals surface area (Å²) in [6.45, 7) is 6.47. The van der Waals surface area contributed by atoms with Crippen LogP contribution in [0.1, 0.15) is 33.9 Å². The highest BCUT2D eigenvalue weighted by atomic mass is 32.2. The summed E-state index contributed by atoms with van der Waals surface area (Å²) in [7, 11) is 1.86. The van der Waals surface area contributed by atoms with Gasteiger partial charge in [0.05, 0.1) is 16.3 Å². The van der Waals surface area contributed by atoms with Gasteiger partial charge in [0, 0.05) is 29.6 Å². The number of unbranched alkanes of at least 4 members (excludes halogenated alkanes) is 1. The van der Waals surface area contributed by atoms with Crippen molar-refractivity contribution < 1.29 is 4.79 Å². The van der Waals surface area contributed by atoms with Crippen molar-refractivity contribution in [3.8, 4) is 0 Å². The van der Waals surface area contributed by atoms with Crippen LogP contribution in [0.3, 0.4) is 0 Å². The van der Waals surface area contributed by atoms with Crippen molar-refractivity contribution in [3.63, 3.8) is 0 Å². The summed E-state index contributed by atoms with van der Waals surface area (Å²) in [6.07, 6.45) is 3.76. The van der Waals surface area contributed by atoms with Crippen LogP contribution in [0.4, 0.5) is 0 Å². The van der Waals surface area contributed by atoms with E-state index in [1.807, 2.05) is 44.3 Å². The highest BCUT2D eigenvalue weighted by molar-refractivity contribution is 7.98. The SMILES string of the molecule is C=CCCCN(C)C(=O)c1ccccc1SCc1csc(C)n1. The summed E-state index contributed by atoms with van der Waals surface area (Å²) < 4.78 is 0. The van der Waals surface area contributed by atoms with E-state index in [0.717, 1.165) is 46.3 Å². The van der Waals surface area contributed by atoms with E-state index in [2.05, 4.69) is 16.9 Å². The number of hydrogen-bond donors (Lipinski definition) is 0. The van der Waals surface area contributed by atoms with Gasteiger partial charge in [0.25, 0.3) is 5.91 Å². The number of amides is 1. The maximum atomic E-state index is 12.6. The molecule has 0 spiro atoms. The van der Waals surface area contributed by atoms with Gasteiger partial charge in [0.15, 0.2) is 0 Å². The molecule has 0 saturated heterocycles. The van der Waals surface area contributed by atoms with Crippen LogP contribution in [-0.2, 0) is 5.75 Å². The summed E-state index contributed by atoms with van der Waals surface area (Å²) >= 11 is 3.33. The number of carbonyl (C=O) groups is 1. The van der Waals surface area contributed by atoms with E-state index >= 15 is 0 Å². The Morgan fingerprint density at radius 2 is 2.22 bits per heavy atom. The first-order valence-electron chi connectivity index (χ1n) is 7.61. The minimum absolute atomic E-state index is 0.0756. The van der Waals surface area contributed by atoms with Gasteiger partial charge in [-0.05, 0) is 31.9 Å². The lowest BCUT2D eigenvalue weighted by atomic mass is 10.2. The Kier molecular flexibility index (Phi) is 6.86. The van der Waals surface area contributed by atoms with E-state index in [9.17, 15) is 4.79 Å². The fraction of sp³-hybridized carbons (Fsp3) is 0.333. The van der Waals surface area contributed by atoms with Crippen molar-refractivity contribution in [2.75, 3.05) is 13.6 Å². The third-order valence-electron chi connectivity index (χ3n) is 3.41. The molecule has 0 bridgehead atoms. The Morgan fingerprint density at radius 1 is 1.43 bits per heavy atom. The third-order valence-corrected chi connectivity index (χ3v) is 5.34. The lowest BCUT2D eigenvalue weighted by Crippen LogP contribution is -2.28. The molecule has 1 amide bonds. The molecule has 122 valence electrons. The van der Waals surface area contributed by atoms with Crippen LogP contribution >= 0.6 is 23.1 Å². The fourth-order valence-electron chi connectivity index (χ4n) is 2.18. The van der Waals surface area contributed by atoms with Crippen LogP contribution in [-0.4, -0.2) is 29.4 Å². The molecule has 5 heteroatoms. The Bertz CT molecular complexity index is 667. The highest BCUT2D eigenvalue weighted by Gasteiger charge is 2.15. The van der Waals surface area contributed by atoms with E-state index in [1.165, 1.54) is 0 Å². The van der Waals surface area contributed by atoms with Gasteiger partial charge in [-0.2, -0.15) is 0 Å². The number of hydrogen-bond acceptors (Lipinski definition) is 4. The van der Waals surface area contributed by atoms with Crippen molar-refractivity contribution in [2.45, 2.75) is 30.4 Å². The molecule has 0 unspecified atom stereocenters. The number of nitrogens with zero attached hydrogens (tertiary/aromatic N) is 2.